The first-order valence-electron chi connectivity index (χ1n) is 5.35. The van der Waals surface area contributed by atoms with Gasteiger partial charge in [0.1, 0.15) is 0 Å². The fourth-order valence-electron chi connectivity index (χ4n) is 1.55. The van der Waals surface area contributed by atoms with Crippen LogP contribution in [-0.4, -0.2) is 4.98 Å². The van der Waals surface area contributed by atoms with Crippen LogP contribution in [0.4, 0.5) is 11.4 Å². The standard InChI is InChI=1S/C13H14ClN3/c1-9-4-5-16-7-10(9)8-17-13-3-2-11(15)6-12(13)14/h2-7,17H,8,15H2,1H3. The van der Waals surface area contributed by atoms with Gasteiger partial charge in [-0.3, -0.25) is 4.98 Å². The van der Waals surface area contributed by atoms with Gasteiger partial charge in [0.15, 0.2) is 0 Å². The fraction of sp³-hybridized carbons (Fsp3) is 0.154. The molecule has 0 fully saturated rings. The van der Waals surface area contributed by atoms with Crippen molar-refractivity contribution in [3.8, 4) is 0 Å². The Kier molecular flexibility index (Phi) is 3.49. The highest BCUT2D eigenvalue weighted by Gasteiger charge is 2.02. The number of nitrogens with zero attached hydrogens (tertiary/aromatic N) is 1. The molecule has 0 saturated carbocycles. The lowest BCUT2D eigenvalue weighted by Crippen LogP contribution is -2.02. The molecule has 3 N–H and O–H groups in total. The summed E-state index contributed by atoms with van der Waals surface area (Å²) in [5, 5.41) is 3.90. The number of nitrogen functional groups attached to an aromatic ring is 1. The van der Waals surface area contributed by atoms with Crippen molar-refractivity contribution in [2.45, 2.75) is 13.5 Å². The second-order valence-electron chi connectivity index (χ2n) is 3.89. The van der Waals surface area contributed by atoms with Gasteiger partial charge in [0, 0.05) is 24.6 Å². The van der Waals surface area contributed by atoms with Crippen molar-refractivity contribution >= 4 is 23.0 Å². The number of nitrogens with one attached hydrogen (secondary N) is 1. The minimum absolute atomic E-state index is 0.631. The van der Waals surface area contributed by atoms with E-state index in [1.807, 2.05) is 24.4 Å². The van der Waals surface area contributed by atoms with Crippen LogP contribution in [-0.2, 0) is 6.54 Å². The number of benzene rings is 1. The average molecular weight is 248 g/mol. The molecule has 88 valence electrons. The second-order valence-corrected chi connectivity index (χ2v) is 4.30. The lowest BCUT2D eigenvalue weighted by atomic mass is 10.1. The van der Waals surface area contributed by atoms with Crippen LogP contribution in [0, 0.1) is 6.92 Å². The monoisotopic (exact) mass is 247 g/mol. The molecule has 0 radical (unpaired) electrons. The third-order valence-corrected chi connectivity index (χ3v) is 2.92. The summed E-state index contributed by atoms with van der Waals surface area (Å²) in [6.07, 6.45) is 3.64. The van der Waals surface area contributed by atoms with Gasteiger partial charge in [-0.15, -0.1) is 0 Å². The molecule has 0 unspecified atom stereocenters. The molecule has 0 amide bonds. The summed E-state index contributed by atoms with van der Waals surface area (Å²) in [5.41, 5.74) is 9.54. The first kappa shape index (κ1) is 11.7. The molecular weight excluding hydrogens is 234 g/mol. The molecule has 17 heavy (non-hydrogen) atoms. The van der Waals surface area contributed by atoms with E-state index in [0.717, 1.165) is 11.3 Å². The van der Waals surface area contributed by atoms with Crippen LogP contribution in [0.1, 0.15) is 11.1 Å². The Balaban J connectivity index is 2.10. The van der Waals surface area contributed by atoms with Gasteiger partial charge in [-0.25, -0.2) is 0 Å². The van der Waals surface area contributed by atoms with Crippen molar-refractivity contribution in [2.75, 3.05) is 11.1 Å². The zero-order chi connectivity index (χ0) is 12.3. The Morgan fingerprint density at radius 3 is 2.88 bits per heavy atom. The van der Waals surface area contributed by atoms with Crippen molar-refractivity contribution in [3.05, 3.63) is 52.8 Å². The highest BCUT2D eigenvalue weighted by atomic mass is 35.5. The summed E-state index contributed by atoms with van der Waals surface area (Å²) in [7, 11) is 0. The Morgan fingerprint density at radius 2 is 2.18 bits per heavy atom. The number of hydrogen-bond acceptors (Lipinski definition) is 3. The van der Waals surface area contributed by atoms with E-state index in [0.29, 0.717) is 17.3 Å². The molecular formula is C13H14ClN3. The molecule has 2 aromatic rings. The molecule has 0 aliphatic carbocycles. The molecule has 3 nitrogen and oxygen atoms in total. The largest absolute Gasteiger partial charge is 0.399 e. The Morgan fingerprint density at radius 1 is 1.35 bits per heavy atom. The van der Waals surface area contributed by atoms with E-state index in [4.69, 9.17) is 17.3 Å². The topological polar surface area (TPSA) is 50.9 Å². The van der Waals surface area contributed by atoms with Crippen molar-refractivity contribution in [2.24, 2.45) is 0 Å². The van der Waals surface area contributed by atoms with Gasteiger partial charge in [-0.1, -0.05) is 11.6 Å². The molecule has 0 saturated heterocycles. The quantitative estimate of drug-likeness (QED) is 0.819. The molecule has 4 heteroatoms. The summed E-state index contributed by atoms with van der Waals surface area (Å²) in [6, 6.07) is 7.43. The van der Waals surface area contributed by atoms with E-state index in [-0.39, 0.29) is 0 Å². The van der Waals surface area contributed by atoms with Crippen LogP contribution in [0.3, 0.4) is 0 Å². The summed E-state index contributed by atoms with van der Waals surface area (Å²) in [5.74, 6) is 0. The van der Waals surface area contributed by atoms with Crippen LogP contribution >= 0.6 is 11.6 Å². The minimum Gasteiger partial charge on any atom is -0.399 e. The van der Waals surface area contributed by atoms with E-state index in [2.05, 4.69) is 17.2 Å². The van der Waals surface area contributed by atoms with Crippen LogP contribution in [0.5, 0.6) is 0 Å². The number of hydrogen-bond donors (Lipinski definition) is 2. The van der Waals surface area contributed by atoms with Crippen LogP contribution < -0.4 is 11.1 Å². The fourth-order valence-corrected chi connectivity index (χ4v) is 1.80. The smallest absolute Gasteiger partial charge is 0.0658 e. The van der Waals surface area contributed by atoms with Gasteiger partial charge in [0.05, 0.1) is 10.7 Å². The summed E-state index contributed by atoms with van der Waals surface area (Å²) in [4.78, 5) is 4.10. The zero-order valence-corrected chi connectivity index (χ0v) is 10.3. The van der Waals surface area contributed by atoms with Gasteiger partial charge < -0.3 is 11.1 Å². The van der Waals surface area contributed by atoms with Gasteiger partial charge in [-0.05, 0) is 42.3 Å². The molecule has 0 atom stereocenters. The van der Waals surface area contributed by atoms with Crippen molar-refractivity contribution in [1.82, 2.24) is 4.98 Å². The highest BCUT2D eigenvalue weighted by molar-refractivity contribution is 6.33. The molecule has 0 spiro atoms. The Bertz CT molecular complexity index is 526. The molecule has 1 heterocycles. The number of halogens is 1. The van der Waals surface area contributed by atoms with Crippen molar-refractivity contribution in [1.29, 1.82) is 0 Å². The third kappa shape index (κ3) is 2.88. The summed E-state index contributed by atoms with van der Waals surface area (Å²) < 4.78 is 0. The first-order valence-corrected chi connectivity index (χ1v) is 5.73. The molecule has 0 aliphatic heterocycles. The Hall–Kier alpha value is -1.74. The van der Waals surface area contributed by atoms with Crippen LogP contribution in [0.15, 0.2) is 36.7 Å². The summed E-state index contributed by atoms with van der Waals surface area (Å²) >= 11 is 6.08. The van der Waals surface area contributed by atoms with Gasteiger partial charge in [-0.2, -0.15) is 0 Å². The number of rotatable bonds is 3. The highest BCUT2D eigenvalue weighted by Crippen LogP contribution is 2.24. The number of aromatic nitrogens is 1. The molecule has 1 aromatic carbocycles. The number of pyridine rings is 1. The van der Waals surface area contributed by atoms with E-state index in [1.165, 1.54) is 5.56 Å². The average Bonchev–Trinajstić information content (AvgIpc) is 2.30. The van der Waals surface area contributed by atoms with Gasteiger partial charge in [0.25, 0.3) is 0 Å². The van der Waals surface area contributed by atoms with Gasteiger partial charge in [0.2, 0.25) is 0 Å². The lowest BCUT2D eigenvalue weighted by Gasteiger charge is -2.10. The van der Waals surface area contributed by atoms with E-state index >= 15 is 0 Å². The second kappa shape index (κ2) is 5.06. The third-order valence-electron chi connectivity index (χ3n) is 2.61. The normalized spacial score (nSPS) is 10.2. The minimum atomic E-state index is 0.631. The maximum absolute atomic E-state index is 6.08. The molecule has 2 rings (SSSR count). The SMILES string of the molecule is Cc1ccncc1CNc1ccc(N)cc1Cl. The number of aryl methyl sites for hydroxylation is 1. The molecule has 1 aromatic heterocycles. The van der Waals surface area contributed by atoms with Crippen molar-refractivity contribution in [3.63, 3.8) is 0 Å². The zero-order valence-electron chi connectivity index (χ0n) is 9.57. The van der Waals surface area contributed by atoms with Crippen molar-refractivity contribution < 1.29 is 0 Å². The van der Waals surface area contributed by atoms with E-state index in [1.54, 1.807) is 12.3 Å². The van der Waals surface area contributed by atoms with E-state index < -0.39 is 0 Å². The van der Waals surface area contributed by atoms with E-state index in [9.17, 15) is 0 Å². The molecule has 0 aliphatic rings. The predicted octanol–water partition coefficient (Wildman–Crippen LogP) is 3.24. The maximum atomic E-state index is 6.08. The van der Waals surface area contributed by atoms with Gasteiger partial charge >= 0.3 is 0 Å². The van der Waals surface area contributed by atoms with Crippen LogP contribution in [0.2, 0.25) is 5.02 Å². The lowest BCUT2D eigenvalue weighted by molar-refractivity contribution is 1.08. The Labute approximate surface area is 106 Å². The maximum Gasteiger partial charge on any atom is 0.0658 e. The number of anilines is 2. The summed E-state index contributed by atoms with van der Waals surface area (Å²) in [6.45, 7) is 2.76. The predicted molar refractivity (Wildman–Crippen MR) is 72.2 cm³/mol. The number of nitrogens with two attached hydrogens (primary N) is 1. The molecule has 0 bridgehead atoms. The van der Waals surface area contributed by atoms with Crippen LogP contribution in [0.25, 0.3) is 0 Å². The first-order chi connectivity index (χ1) is 8.16.